The van der Waals surface area contributed by atoms with E-state index in [1.807, 2.05) is 6.92 Å². The van der Waals surface area contributed by atoms with Crippen molar-refractivity contribution >= 4 is 29.2 Å². The number of ether oxygens (including phenoxy) is 1. The lowest BCUT2D eigenvalue weighted by Gasteiger charge is -2.13. The monoisotopic (exact) mass is 322 g/mol. The number of amides is 4. The van der Waals surface area contributed by atoms with Crippen LogP contribution < -0.4 is 26.0 Å². The van der Waals surface area contributed by atoms with Crippen molar-refractivity contribution in [3.63, 3.8) is 0 Å². The third kappa shape index (κ3) is 6.68. The van der Waals surface area contributed by atoms with Crippen molar-refractivity contribution in [3.8, 4) is 5.75 Å². The summed E-state index contributed by atoms with van der Waals surface area (Å²) in [5.74, 6) is -0.167. The van der Waals surface area contributed by atoms with Crippen molar-refractivity contribution in [2.45, 2.75) is 20.3 Å². The van der Waals surface area contributed by atoms with Gasteiger partial charge in [0.05, 0.1) is 19.3 Å². The van der Waals surface area contributed by atoms with Crippen LogP contribution in [-0.2, 0) is 9.59 Å². The van der Waals surface area contributed by atoms with E-state index in [-0.39, 0.29) is 12.5 Å². The zero-order valence-corrected chi connectivity index (χ0v) is 13.5. The number of anilines is 2. The Balaban J connectivity index is 2.62. The minimum atomic E-state index is -0.530. The molecule has 0 aliphatic rings. The van der Waals surface area contributed by atoms with Crippen LogP contribution >= 0.6 is 0 Å². The molecule has 0 saturated carbocycles. The molecule has 126 valence electrons. The molecule has 0 heterocycles. The number of rotatable bonds is 7. The van der Waals surface area contributed by atoms with E-state index in [1.165, 1.54) is 14.0 Å². The van der Waals surface area contributed by atoms with Crippen LogP contribution in [0, 0.1) is 0 Å². The molecule has 0 radical (unpaired) electrons. The fourth-order valence-electron chi connectivity index (χ4n) is 1.76. The number of benzene rings is 1. The Bertz CT molecular complexity index is 575. The molecule has 1 rings (SSSR count). The molecular formula is C15H22N4O4. The molecule has 0 aliphatic carbocycles. The number of hydrogen-bond donors (Lipinski definition) is 4. The van der Waals surface area contributed by atoms with Crippen LogP contribution in [0.5, 0.6) is 5.75 Å². The SMILES string of the molecule is CCCNC(=O)NC(=O)CNc1cc(NC(C)=O)ccc1OC. The summed E-state index contributed by atoms with van der Waals surface area (Å²) in [6.45, 7) is 3.70. The van der Waals surface area contributed by atoms with Crippen LogP contribution in [-0.4, -0.2) is 38.0 Å². The molecule has 8 nitrogen and oxygen atoms in total. The molecule has 4 N–H and O–H groups in total. The zero-order chi connectivity index (χ0) is 17.2. The van der Waals surface area contributed by atoms with Gasteiger partial charge in [0, 0.05) is 19.2 Å². The standard InChI is InChI=1S/C15H22N4O4/c1-4-7-16-15(22)19-14(21)9-17-12-8-11(18-10(2)20)5-6-13(12)23-3/h5-6,8,17H,4,7,9H2,1-3H3,(H,18,20)(H2,16,19,21,22). The molecular weight excluding hydrogens is 300 g/mol. The van der Waals surface area contributed by atoms with Crippen LogP contribution in [0.1, 0.15) is 20.3 Å². The highest BCUT2D eigenvalue weighted by atomic mass is 16.5. The summed E-state index contributed by atoms with van der Waals surface area (Å²) < 4.78 is 5.19. The second kappa shape index (κ2) is 9.29. The molecule has 0 bridgehead atoms. The molecule has 8 heteroatoms. The van der Waals surface area contributed by atoms with Gasteiger partial charge in [-0.3, -0.25) is 14.9 Å². The van der Waals surface area contributed by atoms with Crippen LogP contribution in [0.25, 0.3) is 0 Å². The second-order valence-corrected chi connectivity index (χ2v) is 4.75. The molecule has 0 spiro atoms. The van der Waals surface area contributed by atoms with Crippen LogP contribution in [0.4, 0.5) is 16.2 Å². The van der Waals surface area contributed by atoms with Crippen molar-refractivity contribution in [1.29, 1.82) is 0 Å². The van der Waals surface area contributed by atoms with E-state index in [2.05, 4.69) is 21.3 Å². The van der Waals surface area contributed by atoms with Crippen molar-refractivity contribution in [1.82, 2.24) is 10.6 Å². The largest absolute Gasteiger partial charge is 0.495 e. The van der Waals surface area contributed by atoms with E-state index >= 15 is 0 Å². The van der Waals surface area contributed by atoms with E-state index < -0.39 is 11.9 Å². The molecule has 23 heavy (non-hydrogen) atoms. The lowest BCUT2D eigenvalue weighted by atomic mass is 10.2. The number of imide groups is 1. The first-order chi connectivity index (χ1) is 11.0. The topological polar surface area (TPSA) is 109 Å². The summed E-state index contributed by atoms with van der Waals surface area (Å²) in [6.07, 6.45) is 0.785. The maximum absolute atomic E-state index is 11.7. The van der Waals surface area contributed by atoms with Crippen molar-refractivity contribution in [2.24, 2.45) is 0 Å². The number of hydrogen-bond acceptors (Lipinski definition) is 5. The molecule has 4 amide bonds. The molecule has 1 aromatic rings. The third-order valence-electron chi connectivity index (χ3n) is 2.75. The second-order valence-electron chi connectivity index (χ2n) is 4.75. The first-order valence-electron chi connectivity index (χ1n) is 7.23. The normalized spacial score (nSPS) is 9.70. The molecule has 0 aromatic heterocycles. The summed E-state index contributed by atoms with van der Waals surface area (Å²) in [6, 6.07) is 4.46. The summed E-state index contributed by atoms with van der Waals surface area (Å²) in [7, 11) is 1.50. The van der Waals surface area contributed by atoms with E-state index in [4.69, 9.17) is 4.74 Å². The minimum Gasteiger partial charge on any atom is -0.495 e. The van der Waals surface area contributed by atoms with Crippen molar-refractivity contribution < 1.29 is 19.1 Å². The average molecular weight is 322 g/mol. The lowest BCUT2D eigenvalue weighted by Crippen LogP contribution is -2.42. The van der Waals surface area contributed by atoms with Crippen molar-refractivity contribution in [3.05, 3.63) is 18.2 Å². The molecule has 0 fully saturated rings. The molecule has 0 unspecified atom stereocenters. The predicted molar refractivity (Wildman–Crippen MR) is 87.6 cm³/mol. The van der Waals surface area contributed by atoms with Gasteiger partial charge < -0.3 is 20.7 Å². The molecule has 0 atom stereocenters. The summed E-state index contributed by atoms with van der Waals surface area (Å²) in [5.41, 5.74) is 1.10. The minimum absolute atomic E-state index is 0.112. The van der Waals surface area contributed by atoms with Gasteiger partial charge in [-0.05, 0) is 24.6 Å². The number of methoxy groups -OCH3 is 1. The van der Waals surface area contributed by atoms with Gasteiger partial charge in [0.2, 0.25) is 11.8 Å². The highest BCUT2D eigenvalue weighted by molar-refractivity contribution is 5.96. The quantitative estimate of drug-likeness (QED) is 0.605. The van der Waals surface area contributed by atoms with E-state index in [0.717, 1.165) is 6.42 Å². The number of urea groups is 1. The Morgan fingerprint density at radius 1 is 1.22 bits per heavy atom. The number of carbonyl (C=O) groups excluding carboxylic acids is 3. The van der Waals surface area contributed by atoms with E-state index in [9.17, 15) is 14.4 Å². The smallest absolute Gasteiger partial charge is 0.321 e. The third-order valence-corrected chi connectivity index (χ3v) is 2.75. The van der Waals surface area contributed by atoms with Gasteiger partial charge in [-0.15, -0.1) is 0 Å². The fraction of sp³-hybridized carbons (Fsp3) is 0.400. The lowest BCUT2D eigenvalue weighted by molar-refractivity contribution is -0.118. The zero-order valence-electron chi connectivity index (χ0n) is 13.5. The highest BCUT2D eigenvalue weighted by Crippen LogP contribution is 2.27. The Kier molecular flexibility index (Phi) is 7.38. The first kappa shape index (κ1) is 18.3. The van der Waals surface area contributed by atoms with Crippen molar-refractivity contribution in [2.75, 3.05) is 30.8 Å². The van der Waals surface area contributed by atoms with E-state index in [0.29, 0.717) is 23.7 Å². The Morgan fingerprint density at radius 2 is 1.96 bits per heavy atom. The molecule has 0 saturated heterocycles. The maximum atomic E-state index is 11.7. The van der Waals surface area contributed by atoms with Gasteiger partial charge in [0.1, 0.15) is 5.75 Å². The van der Waals surface area contributed by atoms with Gasteiger partial charge in [-0.1, -0.05) is 6.92 Å². The van der Waals surface area contributed by atoms with Crippen LogP contribution in [0.15, 0.2) is 18.2 Å². The first-order valence-corrected chi connectivity index (χ1v) is 7.23. The average Bonchev–Trinajstić information content (AvgIpc) is 2.50. The number of carbonyl (C=O) groups is 3. The van der Waals surface area contributed by atoms with E-state index in [1.54, 1.807) is 18.2 Å². The summed E-state index contributed by atoms with van der Waals surface area (Å²) in [5, 5.41) is 10.3. The molecule has 0 aliphatic heterocycles. The Morgan fingerprint density at radius 3 is 2.57 bits per heavy atom. The Labute approximate surface area is 135 Å². The van der Waals surface area contributed by atoms with Gasteiger partial charge in [0.15, 0.2) is 0 Å². The van der Waals surface area contributed by atoms with Gasteiger partial charge in [-0.25, -0.2) is 4.79 Å². The maximum Gasteiger partial charge on any atom is 0.321 e. The van der Waals surface area contributed by atoms with Crippen LogP contribution in [0.3, 0.4) is 0 Å². The Hall–Kier alpha value is -2.77. The van der Waals surface area contributed by atoms with Crippen LogP contribution in [0.2, 0.25) is 0 Å². The van der Waals surface area contributed by atoms with Gasteiger partial charge >= 0.3 is 6.03 Å². The summed E-state index contributed by atoms with van der Waals surface area (Å²) in [4.78, 5) is 34.2. The van der Waals surface area contributed by atoms with Gasteiger partial charge in [-0.2, -0.15) is 0 Å². The highest BCUT2D eigenvalue weighted by Gasteiger charge is 2.09. The fourth-order valence-corrected chi connectivity index (χ4v) is 1.76. The predicted octanol–water partition coefficient (Wildman–Crippen LogP) is 1.30. The molecule has 1 aromatic carbocycles. The van der Waals surface area contributed by atoms with Gasteiger partial charge in [0.25, 0.3) is 0 Å². The number of nitrogens with one attached hydrogen (secondary N) is 4. The summed E-state index contributed by atoms with van der Waals surface area (Å²) >= 11 is 0.